The van der Waals surface area contributed by atoms with Gasteiger partial charge in [0, 0.05) is 0 Å². The van der Waals surface area contributed by atoms with Crippen LogP contribution in [0.5, 0.6) is 0 Å². The summed E-state index contributed by atoms with van der Waals surface area (Å²) in [4.78, 5) is 0. The van der Waals surface area contributed by atoms with Crippen LogP contribution in [0, 0.1) is 3.57 Å². The summed E-state index contributed by atoms with van der Waals surface area (Å²) in [6.07, 6.45) is -6.25. The van der Waals surface area contributed by atoms with Crippen molar-refractivity contribution in [3.63, 3.8) is 0 Å². The van der Waals surface area contributed by atoms with Gasteiger partial charge in [-0.15, -0.1) is 8.78 Å². The van der Waals surface area contributed by atoms with Gasteiger partial charge in [-0.3, -0.25) is 0 Å². The van der Waals surface area contributed by atoms with Gasteiger partial charge >= 0.3 is 44.5 Å². The second-order valence-electron chi connectivity index (χ2n) is 3.45. The maximum absolute atomic E-state index is 13.0. The predicted molar refractivity (Wildman–Crippen MR) is 51.3 cm³/mol. The van der Waals surface area contributed by atoms with Gasteiger partial charge in [0.2, 0.25) is 0 Å². The molecule has 1 aromatic rings. The second kappa shape index (κ2) is 7.21. The average molecular weight is 460 g/mol. The zero-order chi connectivity index (χ0) is 17.8. The maximum atomic E-state index is 13.0. The Hall–Kier alpha value is -0.755. The quantitative estimate of drug-likeness (QED) is 0.281. The fourth-order valence-corrected chi connectivity index (χ4v) is 3.04. The third kappa shape index (κ3) is 7.00. The highest BCUT2D eigenvalue weighted by Gasteiger charge is 2.81. The van der Waals surface area contributed by atoms with E-state index < -0.39 is 44.5 Å². The van der Waals surface area contributed by atoms with E-state index in [4.69, 9.17) is 0 Å². The van der Waals surface area contributed by atoms with Gasteiger partial charge in [0.05, 0.1) is 0 Å². The smallest absolute Gasteiger partial charge is 0.418 e. The minimum atomic E-state index is -6.25. The van der Waals surface area contributed by atoms with E-state index in [1.54, 1.807) is 0 Å². The molecule has 0 fully saturated rings. The summed E-state index contributed by atoms with van der Waals surface area (Å²) in [6.45, 7) is 0. The monoisotopic (exact) mass is 460 g/mol. The molecule has 0 radical (unpaired) electrons. The lowest BCUT2D eigenvalue weighted by Gasteiger charge is -2.19. The molecule has 0 unspecified atom stereocenters. The van der Waals surface area contributed by atoms with Crippen LogP contribution in [0.4, 0.5) is 48.0 Å². The lowest BCUT2D eigenvalue weighted by molar-refractivity contribution is -0.790. The lowest BCUT2D eigenvalue weighted by atomic mass is 10.3. The van der Waals surface area contributed by atoms with Crippen LogP contribution >= 0.6 is 0 Å². The Morgan fingerprint density at radius 2 is 1.09 bits per heavy atom. The van der Waals surface area contributed by atoms with Crippen molar-refractivity contribution in [2.45, 2.75) is 16.0 Å². The van der Waals surface area contributed by atoms with Crippen molar-refractivity contribution in [2.24, 2.45) is 0 Å². The highest BCUT2D eigenvalue weighted by Crippen LogP contribution is 2.42. The molecule has 0 bridgehead atoms. The molecule has 0 aliphatic heterocycles. The summed E-state index contributed by atoms with van der Waals surface area (Å²) in [5.41, 5.74) is 0. The minimum absolute atomic E-state index is 0.180. The minimum Gasteiger partial charge on any atom is -0.418 e. The van der Waals surface area contributed by atoms with Gasteiger partial charge in [-0.25, -0.2) is 0 Å². The van der Waals surface area contributed by atoms with E-state index in [2.05, 4.69) is 0 Å². The molecule has 22 heavy (non-hydrogen) atoms. The van der Waals surface area contributed by atoms with Crippen LogP contribution in [0.25, 0.3) is 0 Å². The fourth-order valence-electron chi connectivity index (χ4n) is 0.835. The van der Waals surface area contributed by atoms with E-state index in [1.807, 2.05) is 0 Å². The Morgan fingerprint density at radius 3 is 1.41 bits per heavy atom. The van der Waals surface area contributed by atoms with E-state index in [0.717, 1.165) is 12.1 Å². The van der Waals surface area contributed by atoms with Crippen molar-refractivity contribution in [1.82, 2.24) is 0 Å². The van der Waals surface area contributed by atoms with Crippen LogP contribution in [-0.2, 0) is 0 Å². The van der Waals surface area contributed by atoms with Crippen LogP contribution in [0.2, 0.25) is 0 Å². The lowest BCUT2D eigenvalue weighted by Crippen LogP contribution is -3.68. The third-order valence-electron chi connectivity index (χ3n) is 1.67. The molecule has 0 aliphatic carbocycles. The molecule has 0 saturated carbocycles. The topological polar surface area (TPSA) is 0 Å². The van der Waals surface area contributed by atoms with Crippen molar-refractivity contribution in [2.75, 3.05) is 0 Å². The van der Waals surface area contributed by atoms with Crippen LogP contribution < -0.4 is 21.2 Å². The van der Waals surface area contributed by atoms with E-state index >= 15 is 0 Å². The molecular weight excluding hydrogens is 455 g/mol. The van der Waals surface area contributed by atoms with E-state index in [0.29, 0.717) is 0 Å². The van der Waals surface area contributed by atoms with Crippen molar-refractivity contribution >= 4 is 7.25 Å². The van der Waals surface area contributed by atoms with Gasteiger partial charge in [-0.1, -0.05) is 18.2 Å². The molecule has 0 spiro atoms. The number of hydrogen-bond acceptors (Lipinski definition) is 0. The first kappa shape index (κ1) is 21.2. The average Bonchev–Trinajstić information content (AvgIpc) is 2.25. The Morgan fingerprint density at radius 1 is 0.727 bits per heavy atom. The van der Waals surface area contributed by atoms with E-state index in [9.17, 15) is 48.0 Å². The van der Waals surface area contributed by atoms with Gasteiger partial charge in [0.1, 0.15) is 0 Å². The number of halogens is 12. The number of alkyl halides is 8. The Labute approximate surface area is 127 Å². The normalized spacial score (nSPS) is 13.4. The third-order valence-corrected chi connectivity index (χ3v) is 4.37. The highest BCUT2D eigenvalue weighted by molar-refractivity contribution is 6.50. The van der Waals surface area contributed by atoms with Crippen LogP contribution in [0.15, 0.2) is 30.3 Å². The summed E-state index contributed by atoms with van der Waals surface area (Å²) >= 11 is -2.78. The van der Waals surface area contributed by atoms with Gasteiger partial charge in [0.15, 0.2) is 3.57 Å². The molecule has 0 N–H and O–H groups in total. The van der Waals surface area contributed by atoms with Gasteiger partial charge in [-0.2, -0.15) is 22.0 Å². The largest absolute Gasteiger partial charge is 0.673 e. The maximum Gasteiger partial charge on any atom is 0.673 e. The highest BCUT2D eigenvalue weighted by atomic mass is 127. The SMILES string of the molecule is FC(F)(F)C(F)(F)C(F)(F)[I+]c1ccccc1.F[B-](F)(F)F. The van der Waals surface area contributed by atoms with E-state index in [1.165, 1.54) is 18.2 Å². The molecule has 0 saturated heterocycles. The summed E-state index contributed by atoms with van der Waals surface area (Å²) in [6, 6.07) is 6.27. The summed E-state index contributed by atoms with van der Waals surface area (Å²) in [7, 11) is -6.00. The Bertz CT molecular complexity index is 447. The zero-order valence-electron chi connectivity index (χ0n) is 10.00. The first-order valence-corrected chi connectivity index (χ1v) is 7.14. The molecule has 0 amide bonds. The van der Waals surface area contributed by atoms with Crippen molar-refractivity contribution in [3.8, 4) is 0 Å². The molecule has 1 aromatic carbocycles. The molecule has 0 nitrogen and oxygen atoms in total. The molecule has 0 atom stereocenters. The Balaban J connectivity index is 0.000000763. The molecule has 13 heteroatoms. The molecule has 128 valence electrons. The first-order chi connectivity index (χ1) is 9.58. The van der Waals surface area contributed by atoms with Crippen LogP contribution in [0.1, 0.15) is 0 Å². The van der Waals surface area contributed by atoms with Crippen molar-refractivity contribution in [3.05, 3.63) is 33.9 Å². The van der Waals surface area contributed by atoms with E-state index in [-0.39, 0.29) is 3.57 Å². The molecule has 0 aliphatic rings. The summed E-state index contributed by atoms with van der Waals surface area (Å²) in [5, 5.41) is 0. The van der Waals surface area contributed by atoms with Gasteiger partial charge in [0.25, 0.3) is 0 Å². The molecular formula is C9H5BF11I. The second-order valence-corrected chi connectivity index (χ2v) is 6.59. The van der Waals surface area contributed by atoms with Crippen LogP contribution in [-0.4, -0.2) is 23.3 Å². The summed E-state index contributed by atoms with van der Waals surface area (Å²) in [5.74, 6) is -6.00. The number of rotatable bonds is 3. The summed E-state index contributed by atoms with van der Waals surface area (Å²) < 4.78 is 120. The standard InChI is InChI=1S/C9H5F7I.BF4/c10-7(11,8(12,13)14)9(15,16)17-6-4-2-1-3-5-6;2-1(3,4)5/h1-5H;/q+1;-1. The number of hydrogen-bond donors (Lipinski definition) is 0. The number of benzene rings is 1. The van der Waals surface area contributed by atoms with Crippen LogP contribution in [0.3, 0.4) is 0 Å². The Kier molecular flexibility index (Phi) is 6.96. The fraction of sp³-hybridized carbons (Fsp3) is 0.333. The zero-order valence-corrected chi connectivity index (χ0v) is 12.2. The van der Waals surface area contributed by atoms with Gasteiger partial charge in [-0.05, 0) is 12.1 Å². The molecule has 0 aromatic heterocycles. The van der Waals surface area contributed by atoms with Gasteiger partial charge < -0.3 is 17.3 Å². The predicted octanol–water partition coefficient (Wildman–Crippen LogP) is 2.04. The first-order valence-electron chi connectivity index (χ1n) is 4.98. The van der Waals surface area contributed by atoms with Crippen molar-refractivity contribution in [1.29, 1.82) is 0 Å². The van der Waals surface area contributed by atoms with Crippen molar-refractivity contribution < 1.29 is 69.2 Å². The molecule has 1 rings (SSSR count). The molecule has 0 heterocycles.